The highest BCUT2D eigenvalue weighted by atomic mass is 16.5. The first-order valence-corrected chi connectivity index (χ1v) is 11.6. The number of hydrogen-bond acceptors (Lipinski definition) is 4. The second-order valence-corrected chi connectivity index (χ2v) is 8.89. The van der Waals surface area contributed by atoms with Gasteiger partial charge in [0.15, 0.2) is 0 Å². The number of hydrogen-bond donors (Lipinski definition) is 3. The number of carbonyl (C=O) groups is 3. The van der Waals surface area contributed by atoms with Gasteiger partial charge in [-0.15, -0.1) is 0 Å². The van der Waals surface area contributed by atoms with Gasteiger partial charge in [-0.3, -0.25) is 4.79 Å². The maximum atomic E-state index is 12.8. The van der Waals surface area contributed by atoms with E-state index in [0.717, 1.165) is 35.1 Å². The third-order valence-electron chi connectivity index (χ3n) is 6.41. The highest BCUT2D eigenvalue weighted by molar-refractivity contribution is 5.89. The summed E-state index contributed by atoms with van der Waals surface area (Å²) in [5.41, 5.74) is 4.51. The van der Waals surface area contributed by atoms with E-state index in [1.165, 1.54) is 0 Å². The fourth-order valence-electron chi connectivity index (χ4n) is 4.52. The van der Waals surface area contributed by atoms with Gasteiger partial charge in [-0.05, 0) is 41.0 Å². The number of benzene rings is 2. The molecule has 7 nitrogen and oxygen atoms in total. The minimum Gasteiger partial charge on any atom is -0.480 e. The molecule has 0 aromatic heterocycles. The third kappa shape index (κ3) is 5.35. The SMILES string of the molecule is CCC[C@H](NC(=O)[C@H](CC1CC1)NC(=O)OCC1c2ccccc2-c2ccccc21)C(=O)O. The van der Waals surface area contributed by atoms with Crippen molar-refractivity contribution in [3.8, 4) is 11.1 Å². The maximum Gasteiger partial charge on any atom is 0.407 e. The second kappa shape index (κ2) is 10.1. The quantitative estimate of drug-likeness (QED) is 0.506. The summed E-state index contributed by atoms with van der Waals surface area (Å²) in [6, 6.07) is 14.4. The largest absolute Gasteiger partial charge is 0.480 e. The third-order valence-corrected chi connectivity index (χ3v) is 6.41. The van der Waals surface area contributed by atoms with Gasteiger partial charge in [0.2, 0.25) is 5.91 Å². The number of rotatable bonds is 10. The van der Waals surface area contributed by atoms with Crippen molar-refractivity contribution in [2.45, 2.75) is 57.0 Å². The molecule has 0 radical (unpaired) electrons. The van der Waals surface area contributed by atoms with Crippen LogP contribution in [0.15, 0.2) is 48.5 Å². The summed E-state index contributed by atoms with van der Waals surface area (Å²) in [6.07, 6.45) is 2.79. The van der Waals surface area contributed by atoms with E-state index < -0.39 is 30.1 Å². The van der Waals surface area contributed by atoms with E-state index in [1.807, 2.05) is 43.3 Å². The van der Waals surface area contributed by atoms with Gasteiger partial charge in [0.05, 0.1) is 0 Å². The zero-order valence-corrected chi connectivity index (χ0v) is 18.8. The van der Waals surface area contributed by atoms with Crippen LogP contribution in [-0.4, -0.2) is 41.8 Å². The molecule has 3 N–H and O–H groups in total. The minimum absolute atomic E-state index is 0.0696. The molecule has 0 saturated heterocycles. The predicted octanol–water partition coefficient (Wildman–Crippen LogP) is 4.06. The van der Waals surface area contributed by atoms with Crippen molar-refractivity contribution in [1.82, 2.24) is 10.6 Å². The summed E-state index contributed by atoms with van der Waals surface area (Å²) >= 11 is 0. The molecule has 2 aromatic rings. The van der Waals surface area contributed by atoms with Crippen molar-refractivity contribution in [3.05, 3.63) is 59.7 Å². The van der Waals surface area contributed by atoms with Crippen molar-refractivity contribution in [2.24, 2.45) is 5.92 Å². The molecule has 174 valence electrons. The Bertz CT molecular complexity index is 987. The fourth-order valence-corrected chi connectivity index (χ4v) is 4.52. The molecule has 1 saturated carbocycles. The smallest absolute Gasteiger partial charge is 0.407 e. The van der Waals surface area contributed by atoms with E-state index >= 15 is 0 Å². The van der Waals surface area contributed by atoms with E-state index in [9.17, 15) is 19.5 Å². The summed E-state index contributed by atoms with van der Waals surface area (Å²) in [5, 5.41) is 14.6. The van der Waals surface area contributed by atoms with Crippen LogP contribution in [0.2, 0.25) is 0 Å². The summed E-state index contributed by atoms with van der Waals surface area (Å²) in [5.74, 6) is -1.25. The molecule has 2 atom stereocenters. The van der Waals surface area contributed by atoms with Crippen molar-refractivity contribution in [1.29, 1.82) is 0 Å². The van der Waals surface area contributed by atoms with Crippen molar-refractivity contribution < 1.29 is 24.2 Å². The number of amides is 2. The number of fused-ring (bicyclic) bond motifs is 3. The van der Waals surface area contributed by atoms with Crippen LogP contribution in [0, 0.1) is 5.92 Å². The molecule has 0 bridgehead atoms. The molecule has 0 aliphatic heterocycles. The van der Waals surface area contributed by atoms with Gasteiger partial charge in [0.1, 0.15) is 18.7 Å². The lowest BCUT2D eigenvalue weighted by atomic mass is 9.98. The first kappa shape index (κ1) is 22.8. The van der Waals surface area contributed by atoms with E-state index in [4.69, 9.17) is 4.74 Å². The molecule has 2 amide bonds. The molecule has 2 aliphatic carbocycles. The lowest BCUT2D eigenvalue weighted by Gasteiger charge is -2.22. The Morgan fingerprint density at radius 3 is 2.12 bits per heavy atom. The number of carboxylic acid groups (broad SMARTS) is 1. The second-order valence-electron chi connectivity index (χ2n) is 8.89. The highest BCUT2D eigenvalue weighted by Crippen LogP contribution is 2.44. The predicted molar refractivity (Wildman–Crippen MR) is 124 cm³/mol. The number of carbonyl (C=O) groups excluding carboxylic acids is 2. The van der Waals surface area contributed by atoms with E-state index in [-0.39, 0.29) is 12.5 Å². The first-order valence-electron chi connectivity index (χ1n) is 11.6. The summed E-state index contributed by atoms with van der Waals surface area (Å²) < 4.78 is 5.58. The minimum atomic E-state index is -1.07. The lowest BCUT2D eigenvalue weighted by Crippen LogP contribution is -2.52. The van der Waals surface area contributed by atoms with Gasteiger partial charge in [-0.2, -0.15) is 0 Å². The van der Waals surface area contributed by atoms with Gasteiger partial charge in [0.25, 0.3) is 0 Å². The monoisotopic (exact) mass is 450 g/mol. The van der Waals surface area contributed by atoms with E-state index in [0.29, 0.717) is 25.2 Å². The van der Waals surface area contributed by atoms with Gasteiger partial charge in [-0.1, -0.05) is 74.7 Å². The van der Waals surface area contributed by atoms with Gasteiger partial charge >= 0.3 is 12.1 Å². The number of nitrogens with one attached hydrogen (secondary N) is 2. The van der Waals surface area contributed by atoms with Crippen LogP contribution in [0.1, 0.15) is 56.1 Å². The van der Waals surface area contributed by atoms with Crippen LogP contribution in [0.25, 0.3) is 11.1 Å². The summed E-state index contributed by atoms with van der Waals surface area (Å²) in [4.78, 5) is 36.9. The molecule has 0 unspecified atom stereocenters. The first-order chi connectivity index (χ1) is 16.0. The molecule has 7 heteroatoms. The molecule has 4 rings (SSSR count). The lowest BCUT2D eigenvalue weighted by molar-refractivity contribution is -0.142. The Kier molecular flexibility index (Phi) is 6.96. The Labute approximate surface area is 193 Å². The molecule has 0 spiro atoms. The average Bonchev–Trinajstić information content (AvgIpc) is 3.57. The summed E-state index contributed by atoms with van der Waals surface area (Å²) in [6.45, 7) is 2.02. The number of aliphatic carboxylic acids is 1. The zero-order valence-electron chi connectivity index (χ0n) is 18.8. The maximum absolute atomic E-state index is 12.8. The van der Waals surface area contributed by atoms with Crippen LogP contribution >= 0.6 is 0 Å². The Hall–Kier alpha value is -3.35. The molecule has 2 aromatic carbocycles. The normalized spacial score (nSPS) is 16.3. The van der Waals surface area contributed by atoms with Gasteiger partial charge in [-0.25, -0.2) is 9.59 Å². The molecule has 0 heterocycles. The number of ether oxygens (including phenoxy) is 1. The Morgan fingerprint density at radius 2 is 1.58 bits per heavy atom. The van der Waals surface area contributed by atoms with Crippen LogP contribution < -0.4 is 10.6 Å². The van der Waals surface area contributed by atoms with E-state index in [2.05, 4.69) is 22.8 Å². The number of alkyl carbamates (subject to hydrolysis) is 1. The van der Waals surface area contributed by atoms with Crippen molar-refractivity contribution in [3.63, 3.8) is 0 Å². The average molecular weight is 451 g/mol. The Balaban J connectivity index is 1.40. The van der Waals surface area contributed by atoms with Gasteiger partial charge in [0, 0.05) is 5.92 Å². The zero-order chi connectivity index (χ0) is 23.4. The van der Waals surface area contributed by atoms with Gasteiger partial charge < -0.3 is 20.5 Å². The molecule has 33 heavy (non-hydrogen) atoms. The van der Waals surface area contributed by atoms with Crippen LogP contribution in [0.4, 0.5) is 4.79 Å². The summed E-state index contributed by atoms with van der Waals surface area (Å²) in [7, 11) is 0. The molecular weight excluding hydrogens is 420 g/mol. The van der Waals surface area contributed by atoms with E-state index in [1.54, 1.807) is 0 Å². The standard InChI is InChI=1S/C26H30N2O5/c1-2-7-22(25(30)31)27-24(29)23(14-16-12-13-16)28-26(32)33-15-21-19-10-5-3-8-17(19)18-9-4-6-11-20(18)21/h3-6,8-11,16,21-23H,2,7,12-15H2,1H3,(H,27,29)(H,28,32)(H,30,31)/t22-,23-/m0/s1. The van der Waals surface area contributed by atoms with Crippen LogP contribution in [0.5, 0.6) is 0 Å². The van der Waals surface area contributed by atoms with Crippen LogP contribution in [0.3, 0.4) is 0 Å². The molecule has 2 aliphatic rings. The van der Waals surface area contributed by atoms with Crippen LogP contribution in [-0.2, 0) is 14.3 Å². The number of carboxylic acids is 1. The van der Waals surface area contributed by atoms with Crippen molar-refractivity contribution >= 4 is 18.0 Å². The van der Waals surface area contributed by atoms with Crippen molar-refractivity contribution in [2.75, 3.05) is 6.61 Å². The molecular formula is C26H30N2O5. The highest BCUT2D eigenvalue weighted by Gasteiger charge is 2.33. The fraction of sp³-hybridized carbons (Fsp3) is 0.423. The molecule has 1 fully saturated rings. The Morgan fingerprint density at radius 1 is 0.970 bits per heavy atom. The topological polar surface area (TPSA) is 105 Å².